The molecule has 0 N–H and O–H groups in total. The first kappa shape index (κ1) is 43.9. The van der Waals surface area contributed by atoms with Crippen molar-refractivity contribution in [2.24, 2.45) is 0 Å². The molecule has 1 aliphatic rings. The largest absolute Gasteiger partial charge is 0.454 e. The molecule has 0 aromatic heterocycles. The molecule has 3 heteroatoms. The molecule has 1 aromatic rings. The lowest BCUT2D eigenvalue weighted by Crippen LogP contribution is -2.34. The fraction of sp³-hybridized carbons (Fsp3) is 0.542. The van der Waals surface area contributed by atoms with Crippen LogP contribution < -0.4 is 9.47 Å². The number of hydrogen-bond donors (Lipinski definition) is 0. The third-order valence-electron chi connectivity index (χ3n) is 9.49. The quantitative estimate of drug-likeness (QED) is 0.106. The first-order valence-electron chi connectivity index (χ1n) is 19.6. The normalized spacial score (nSPS) is 14.5. The Kier molecular flexibility index (Phi) is 21.3. The van der Waals surface area contributed by atoms with E-state index in [1.165, 1.54) is 50.1 Å². The van der Waals surface area contributed by atoms with Crippen LogP contribution in [0.2, 0.25) is 0 Å². The first-order chi connectivity index (χ1) is 24.3. The highest BCUT2D eigenvalue weighted by Gasteiger charge is 2.19. The first-order valence-corrected chi connectivity index (χ1v) is 19.6. The van der Waals surface area contributed by atoms with E-state index in [9.17, 15) is 0 Å². The average molecular weight is 696 g/mol. The highest BCUT2D eigenvalue weighted by atomic mass is 16.7. The maximum Gasteiger partial charge on any atom is 0.231 e. The van der Waals surface area contributed by atoms with E-state index in [1.807, 2.05) is 0 Å². The number of benzene rings is 1. The van der Waals surface area contributed by atoms with Gasteiger partial charge in [-0.2, -0.15) is 0 Å². The van der Waals surface area contributed by atoms with Gasteiger partial charge in [0, 0.05) is 19.1 Å². The fourth-order valence-corrected chi connectivity index (χ4v) is 6.19. The van der Waals surface area contributed by atoms with Crippen LogP contribution in [0, 0.1) is 0 Å². The predicted octanol–water partition coefficient (Wildman–Crippen LogP) is 14.5. The Labute approximate surface area is 314 Å². The summed E-state index contributed by atoms with van der Waals surface area (Å²) < 4.78 is 11.4. The van der Waals surface area contributed by atoms with E-state index in [4.69, 9.17) is 9.47 Å². The van der Waals surface area contributed by atoms with Crippen molar-refractivity contribution in [3.05, 3.63) is 117 Å². The standard InChI is InChI=1S/C48H73NO2/c1-37(2)17-12-20-40(7)23-15-25-42(9)27-29-46(33-44(11)26-16-24-41(8)21-13-18-38(3)4)49(32-31-43(10)22-14-19-39(5)6)35-45-28-30-47-48(34-45)51-36-50-47/h17-19,23-24,27-28,30-31,33-34,46H,12-16,20-22,25-26,29,32,35-36H2,1-11H3. The molecule has 0 saturated carbocycles. The van der Waals surface area contributed by atoms with Crippen molar-refractivity contribution < 1.29 is 9.47 Å². The van der Waals surface area contributed by atoms with Crippen molar-refractivity contribution in [2.45, 2.75) is 159 Å². The molecule has 0 bridgehead atoms. The van der Waals surface area contributed by atoms with Crippen molar-refractivity contribution >= 4 is 0 Å². The Balaban J connectivity index is 2.32. The Morgan fingerprint density at radius 1 is 0.549 bits per heavy atom. The molecule has 0 aliphatic carbocycles. The van der Waals surface area contributed by atoms with Crippen molar-refractivity contribution in [1.82, 2.24) is 4.90 Å². The van der Waals surface area contributed by atoms with Gasteiger partial charge < -0.3 is 9.47 Å². The Morgan fingerprint density at radius 3 is 1.53 bits per heavy atom. The van der Waals surface area contributed by atoms with Crippen LogP contribution in [0.5, 0.6) is 11.5 Å². The molecule has 1 aromatic carbocycles. The summed E-state index contributed by atoms with van der Waals surface area (Å²) in [5.41, 5.74) is 12.9. The van der Waals surface area contributed by atoms with Gasteiger partial charge in [0.2, 0.25) is 6.79 Å². The smallest absolute Gasteiger partial charge is 0.231 e. The van der Waals surface area contributed by atoms with Crippen LogP contribution in [-0.4, -0.2) is 24.3 Å². The van der Waals surface area contributed by atoms with Crippen LogP contribution >= 0.6 is 0 Å². The Morgan fingerprint density at radius 2 is 1.00 bits per heavy atom. The fourth-order valence-electron chi connectivity index (χ4n) is 6.19. The minimum absolute atomic E-state index is 0.288. The van der Waals surface area contributed by atoms with Gasteiger partial charge in [-0.25, -0.2) is 0 Å². The maximum atomic E-state index is 5.78. The lowest BCUT2D eigenvalue weighted by molar-refractivity contribution is 0.174. The van der Waals surface area contributed by atoms with Crippen LogP contribution in [0.1, 0.15) is 152 Å². The SMILES string of the molecule is CC(C)=CCCC(C)=CCCC(C)=CCC(C=C(C)CCC=C(C)CCC=C(C)C)N(CC=C(C)CCC=C(C)C)Cc1ccc2c(c1)OCO2. The van der Waals surface area contributed by atoms with E-state index in [1.54, 1.807) is 0 Å². The molecule has 0 spiro atoms. The summed E-state index contributed by atoms with van der Waals surface area (Å²) in [6.07, 6.45) is 31.6. The van der Waals surface area contributed by atoms with E-state index in [0.717, 1.165) is 95.2 Å². The zero-order valence-corrected chi connectivity index (χ0v) is 34.6. The summed E-state index contributed by atoms with van der Waals surface area (Å²) >= 11 is 0. The molecule has 3 nitrogen and oxygen atoms in total. The topological polar surface area (TPSA) is 21.7 Å². The lowest BCUT2D eigenvalue weighted by atomic mass is 10.00. The summed E-state index contributed by atoms with van der Waals surface area (Å²) in [5.74, 6) is 1.70. The Hall–Kier alpha value is -3.30. The van der Waals surface area contributed by atoms with E-state index < -0.39 is 0 Å². The van der Waals surface area contributed by atoms with Gasteiger partial charge >= 0.3 is 0 Å². The number of hydrogen-bond acceptors (Lipinski definition) is 3. The highest BCUT2D eigenvalue weighted by molar-refractivity contribution is 5.44. The predicted molar refractivity (Wildman–Crippen MR) is 225 cm³/mol. The molecule has 0 fully saturated rings. The second-order valence-electron chi connectivity index (χ2n) is 15.7. The third kappa shape index (κ3) is 20.4. The number of fused-ring (bicyclic) bond motifs is 1. The van der Waals surface area contributed by atoms with E-state index >= 15 is 0 Å². The van der Waals surface area contributed by atoms with Crippen molar-refractivity contribution in [1.29, 1.82) is 0 Å². The van der Waals surface area contributed by atoms with Gasteiger partial charge in [-0.1, -0.05) is 99.3 Å². The van der Waals surface area contributed by atoms with Crippen molar-refractivity contribution in [3.8, 4) is 11.5 Å². The molecule has 2 rings (SSSR count). The molecule has 1 aliphatic heterocycles. The number of ether oxygens (including phenoxy) is 2. The summed E-state index contributed by atoms with van der Waals surface area (Å²) in [7, 11) is 0. The molecule has 1 heterocycles. The minimum atomic E-state index is 0.288. The van der Waals surface area contributed by atoms with E-state index in [0.29, 0.717) is 6.79 Å². The molecular formula is C48H73NO2. The van der Waals surface area contributed by atoms with Gasteiger partial charge in [-0.3, -0.25) is 4.90 Å². The monoisotopic (exact) mass is 696 g/mol. The van der Waals surface area contributed by atoms with Gasteiger partial charge in [0.15, 0.2) is 11.5 Å². The third-order valence-corrected chi connectivity index (χ3v) is 9.49. The van der Waals surface area contributed by atoms with Gasteiger partial charge in [-0.05, 0) is 164 Å². The van der Waals surface area contributed by atoms with Crippen LogP contribution in [0.25, 0.3) is 0 Å². The van der Waals surface area contributed by atoms with Crippen molar-refractivity contribution in [2.75, 3.05) is 13.3 Å². The molecule has 1 atom stereocenters. The molecular weight excluding hydrogens is 623 g/mol. The molecule has 0 saturated heterocycles. The zero-order chi connectivity index (χ0) is 37.6. The van der Waals surface area contributed by atoms with Crippen LogP contribution in [0.15, 0.2) is 111 Å². The summed E-state index contributed by atoms with van der Waals surface area (Å²) in [6, 6.07) is 6.73. The number of nitrogens with zero attached hydrogens (tertiary/aromatic N) is 1. The van der Waals surface area contributed by atoms with Gasteiger partial charge in [-0.15, -0.1) is 0 Å². The van der Waals surface area contributed by atoms with Crippen LogP contribution in [-0.2, 0) is 6.54 Å². The summed E-state index contributed by atoms with van der Waals surface area (Å²) in [4.78, 5) is 2.66. The van der Waals surface area contributed by atoms with E-state index in [-0.39, 0.29) is 6.04 Å². The van der Waals surface area contributed by atoms with Crippen LogP contribution in [0.4, 0.5) is 0 Å². The molecule has 282 valence electrons. The van der Waals surface area contributed by atoms with E-state index in [2.05, 4.69) is 148 Å². The number of allylic oxidation sites excluding steroid dienone is 13. The molecule has 51 heavy (non-hydrogen) atoms. The Bertz CT molecular complexity index is 1450. The minimum Gasteiger partial charge on any atom is -0.454 e. The highest BCUT2D eigenvalue weighted by Crippen LogP contribution is 2.33. The molecule has 1 unspecified atom stereocenters. The van der Waals surface area contributed by atoms with Gasteiger partial charge in [0.25, 0.3) is 0 Å². The van der Waals surface area contributed by atoms with Crippen molar-refractivity contribution in [3.63, 3.8) is 0 Å². The second-order valence-corrected chi connectivity index (χ2v) is 15.7. The maximum absolute atomic E-state index is 5.78. The summed E-state index contributed by atoms with van der Waals surface area (Å²) in [5, 5.41) is 0. The van der Waals surface area contributed by atoms with Gasteiger partial charge in [0.1, 0.15) is 0 Å². The average Bonchev–Trinajstić information content (AvgIpc) is 3.52. The second kappa shape index (κ2) is 24.8. The molecule has 0 radical (unpaired) electrons. The van der Waals surface area contributed by atoms with Gasteiger partial charge in [0.05, 0.1) is 0 Å². The van der Waals surface area contributed by atoms with Crippen LogP contribution in [0.3, 0.4) is 0 Å². The zero-order valence-electron chi connectivity index (χ0n) is 34.6. The lowest BCUT2D eigenvalue weighted by Gasteiger charge is -2.30. The summed E-state index contributed by atoms with van der Waals surface area (Å²) in [6.45, 7) is 26.7. The molecule has 0 amide bonds. The number of rotatable bonds is 23.